The van der Waals surface area contributed by atoms with Crippen molar-refractivity contribution in [1.29, 1.82) is 0 Å². The highest BCUT2D eigenvalue weighted by Gasteiger charge is 2.09. The highest BCUT2D eigenvalue weighted by Crippen LogP contribution is 2.21. The molecule has 0 radical (unpaired) electrons. The van der Waals surface area contributed by atoms with E-state index < -0.39 is 0 Å². The lowest BCUT2D eigenvalue weighted by molar-refractivity contribution is -0.122. The highest BCUT2D eigenvalue weighted by molar-refractivity contribution is 6.00. The number of aryl methyl sites for hydroxylation is 1. The summed E-state index contributed by atoms with van der Waals surface area (Å²) in [5.41, 5.74) is 2.25. The molecule has 0 aliphatic heterocycles. The maximum absolute atomic E-state index is 11.5. The fourth-order valence-electron chi connectivity index (χ4n) is 1.75. The van der Waals surface area contributed by atoms with Gasteiger partial charge >= 0.3 is 0 Å². The fraction of sp³-hybridized carbons (Fsp3) is 0.467. The van der Waals surface area contributed by atoms with E-state index in [4.69, 9.17) is 9.94 Å². The van der Waals surface area contributed by atoms with Crippen molar-refractivity contribution < 1.29 is 14.7 Å². The van der Waals surface area contributed by atoms with Crippen LogP contribution in [0.3, 0.4) is 0 Å². The van der Waals surface area contributed by atoms with Crippen LogP contribution in [-0.2, 0) is 4.79 Å². The molecule has 0 heterocycles. The molecule has 20 heavy (non-hydrogen) atoms. The van der Waals surface area contributed by atoms with Gasteiger partial charge in [0.25, 0.3) is 0 Å². The van der Waals surface area contributed by atoms with E-state index >= 15 is 0 Å². The van der Waals surface area contributed by atoms with Crippen LogP contribution in [0.15, 0.2) is 23.4 Å². The van der Waals surface area contributed by atoms with E-state index in [0.717, 1.165) is 11.1 Å². The molecule has 5 nitrogen and oxygen atoms in total. The number of ether oxygens (including phenoxy) is 1. The molecule has 0 aromatic heterocycles. The number of carbonyl (C=O) groups excluding carboxylic acids is 1. The number of rotatable bonds is 6. The lowest BCUT2D eigenvalue weighted by Gasteiger charge is -2.12. The van der Waals surface area contributed by atoms with Crippen LogP contribution in [0.5, 0.6) is 5.75 Å². The van der Waals surface area contributed by atoms with Crippen LogP contribution in [0.1, 0.15) is 38.3 Å². The molecule has 110 valence electrons. The van der Waals surface area contributed by atoms with Gasteiger partial charge in [0, 0.05) is 11.6 Å². The van der Waals surface area contributed by atoms with Crippen molar-refractivity contribution in [1.82, 2.24) is 5.32 Å². The van der Waals surface area contributed by atoms with Gasteiger partial charge in [-0.3, -0.25) is 4.79 Å². The summed E-state index contributed by atoms with van der Waals surface area (Å²) in [4.78, 5) is 11.5. The SMILES string of the molecule is CC(=NO)c1ccc(C)cc1OCCC(=O)NC(C)C. The third kappa shape index (κ3) is 4.91. The standard InChI is InChI=1S/C15H22N2O3/c1-10(2)16-15(18)7-8-20-14-9-11(3)5-6-13(14)12(4)17-19/h5-6,9-10,19H,7-8H2,1-4H3,(H,16,18). The van der Waals surface area contributed by atoms with Gasteiger partial charge in [0.1, 0.15) is 5.75 Å². The molecule has 0 saturated carbocycles. The summed E-state index contributed by atoms with van der Waals surface area (Å²) in [7, 11) is 0. The van der Waals surface area contributed by atoms with Gasteiger partial charge in [-0.05, 0) is 45.4 Å². The van der Waals surface area contributed by atoms with E-state index in [-0.39, 0.29) is 18.6 Å². The third-order valence-electron chi connectivity index (χ3n) is 2.71. The van der Waals surface area contributed by atoms with Crippen molar-refractivity contribution in [3.63, 3.8) is 0 Å². The van der Waals surface area contributed by atoms with Crippen LogP contribution in [-0.4, -0.2) is 29.5 Å². The van der Waals surface area contributed by atoms with Gasteiger partial charge in [-0.1, -0.05) is 11.2 Å². The second-order valence-electron chi connectivity index (χ2n) is 5.01. The molecule has 2 N–H and O–H groups in total. The second kappa shape index (κ2) is 7.53. The summed E-state index contributed by atoms with van der Waals surface area (Å²) in [6.45, 7) is 7.77. The summed E-state index contributed by atoms with van der Waals surface area (Å²) in [6.07, 6.45) is 0.293. The number of oxime groups is 1. The molecular weight excluding hydrogens is 256 g/mol. The number of nitrogens with one attached hydrogen (secondary N) is 1. The van der Waals surface area contributed by atoms with E-state index in [9.17, 15) is 4.79 Å². The molecule has 5 heteroatoms. The zero-order valence-electron chi connectivity index (χ0n) is 12.4. The molecule has 0 aliphatic rings. The van der Waals surface area contributed by atoms with Crippen LogP contribution in [0.4, 0.5) is 0 Å². The predicted molar refractivity (Wildman–Crippen MR) is 78.6 cm³/mol. The number of nitrogens with zero attached hydrogens (tertiary/aromatic N) is 1. The summed E-state index contributed by atoms with van der Waals surface area (Å²) < 4.78 is 5.64. The van der Waals surface area contributed by atoms with Gasteiger partial charge in [0.05, 0.1) is 18.7 Å². The smallest absolute Gasteiger partial charge is 0.223 e. The minimum absolute atomic E-state index is 0.0400. The van der Waals surface area contributed by atoms with Gasteiger partial charge in [-0.25, -0.2) is 0 Å². The Labute approximate surface area is 119 Å². The van der Waals surface area contributed by atoms with Crippen molar-refractivity contribution in [2.75, 3.05) is 6.61 Å². The minimum Gasteiger partial charge on any atom is -0.492 e. The molecule has 1 aromatic rings. The minimum atomic E-state index is -0.0400. The van der Waals surface area contributed by atoms with Gasteiger partial charge in [-0.15, -0.1) is 0 Å². The van der Waals surface area contributed by atoms with Gasteiger partial charge < -0.3 is 15.3 Å². The van der Waals surface area contributed by atoms with E-state index in [1.807, 2.05) is 39.0 Å². The van der Waals surface area contributed by atoms with Crippen LogP contribution in [0.2, 0.25) is 0 Å². The Bertz CT molecular complexity index is 496. The molecule has 0 atom stereocenters. The molecular formula is C15H22N2O3. The van der Waals surface area contributed by atoms with Crippen molar-refractivity contribution in [3.05, 3.63) is 29.3 Å². The van der Waals surface area contributed by atoms with E-state index in [1.165, 1.54) is 0 Å². The summed E-state index contributed by atoms with van der Waals surface area (Å²) in [6, 6.07) is 5.75. The Morgan fingerprint density at radius 3 is 2.75 bits per heavy atom. The molecule has 1 aromatic carbocycles. The number of hydrogen-bond acceptors (Lipinski definition) is 4. The zero-order valence-corrected chi connectivity index (χ0v) is 12.4. The van der Waals surface area contributed by atoms with Crippen LogP contribution in [0.25, 0.3) is 0 Å². The van der Waals surface area contributed by atoms with Gasteiger partial charge in [0.2, 0.25) is 5.91 Å². The lowest BCUT2D eigenvalue weighted by Crippen LogP contribution is -2.31. The molecule has 0 aliphatic carbocycles. The van der Waals surface area contributed by atoms with Crippen molar-refractivity contribution in [2.45, 2.75) is 40.2 Å². The number of hydrogen-bond donors (Lipinski definition) is 2. The fourth-order valence-corrected chi connectivity index (χ4v) is 1.75. The summed E-state index contributed by atoms with van der Waals surface area (Å²) in [5, 5.41) is 14.9. The molecule has 0 unspecified atom stereocenters. The largest absolute Gasteiger partial charge is 0.492 e. The van der Waals surface area contributed by atoms with Crippen LogP contribution < -0.4 is 10.1 Å². The zero-order chi connectivity index (χ0) is 15.1. The number of benzene rings is 1. The van der Waals surface area contributed by atoms with Gasteiger partial charge in [0.15, 0.2) is 0 Å². The first kappa shape index (κ1) is 16.0. The normalized spacial score (nSPS) is 11.6. The Balaban J connectivity index is 2.67. The topological polar surface area (TPSA) is 70.9 Å². The van der Waals surface area contributed by atoms with Crippen molar-refractivity contribution in [2.24, 2.45) is 5.16 Å². The van der Waals surface area contributed by atoms with Crippen LogP contribution in [0, 0.1) is 6.92 Å². The first-order valence-electron chi connectivity index (χ1n) is 6.66. The molecule has 1 amide bonds. The summed E-state index contributed by atoms with van der Waals surface area (Å²) in [5.74, 6) is 0.583. The Hall–Kier alpha value is -2.04. The Morgan fingerprint density at radius 2 is 2.15 bits per heavy atom. The van der Waals surface area contributed by atoms with Crippen molar-refractivity contribution in [3.8, 4) is 5.75 Å². The van der Waals surface area contributed by atoms with Crippen molar-refractivity contribution >= 4 is 11.6 Å². The van der Waals surface area contributed by atoms with E-state index in [1.54, 1.807) is 6.92 Å². The maximum Gasteiger partial charge on any atom is 0.223 e. The average molecular weight is 278 g/mol. The quantitative estimate of drug-likeness (QED) is 0.477. The molecule has 0 bridgehead atoms. The Morgan fingerprint density at radius 1 is 1.45 bits per heavy atom. The predicted octanol–water partition coefficient (Wildman–Crippen LogP) is 2.49. The molecule has 0 fully saturated rings. The monoisotopic (exact) mass is 278 g/mol. The van der Waals surface area contributed by atoms with E-state index in [0.29, 0.717) is 17.9 Å². The first-order chi connectivity index (χ1) is 9.43. The third-order valence-corrected chi connectivity index (χ3v) is 2.71. The highest BCUT2D eigenvalue weighted by atomic mass is 16.5. The summed E-state index contributed by atoms with van der Waals surface area (Å²) >= 11 is 0. The second-order valence-corrected chi connectivity index (χ2v) is 5.01. The Kier molecular flexibility index (Phi) is 6.03. The lowest BCUT2D eigenvalue weighted by atomic mass is 10.1. The number of amides is 1. The maximum atomic E-state index is 11.5. The molecule has 0 saturated heterocycles. The molecule has 0 spiro atoms. The first-order valence-corrected chi connectivity index (χ1v) is 6.66. The number of carbonyl (C=O) groups is 1. The van der Waals surface area contributed by atoms with Crippen LogP contribution >= 0.6 is 0 Å². The van der Waals surface area contributed by atoms with Gasteiger partial charge in [-0.2, -0.15) is 0 Å². The van der Waals surface area contributed by atoms with E-state index in [2.05, 4.69) is 10.5 Å². The molecule has 1 rings (SSSR count). The average Bonchev–Trinajstić information content (AvgIpc) is 2.37.